The van der Waals surface area contributed by atoms with Crippen molar-refractivity contribution in [1.29, 1.82) is 0 Å². The molecule has 1 amide bonds. The number of amides is 1. The number of carbonyl (C=O) groups is 1. The van der Waals surface area contributed by atoms with Crippen molar-refractivity contribution >= 4 is 6.09 Å². The molecule has 0 saturated carbocycles. The van der Waals surface area contributed by atoms with E-state index in [-0.39, 0.29) is 6.54 Å². The van der Waals surface area contributed by atoms with Gasteiger partial charge in [0, 0.05) is 6.54 Å². The smallest absolute Gasteiger partial charge is 0.404 e. The first kappa shape index (κ1) is 15.8. The van der Waals surface area contributed by atoms with Gasteiger partial charge in [0.05, 0.1) is 5.41 Å². The maximum Gasteiger partial charge on any atom is 0.404 e. The molecule has 0 atom stereocenters. The Kier molecular flexibility index (Phi) is 4.62. The minimum absolute atomic E-state index is 0.264. The van der Waals surface area contributed by atoms with Crippen molar-refractivity contribution < 1.29 is 9.90 Å². The number of nitrogens with one attached hydrogen (secondary N) is 1. The molecule has 0 heterocycles. The van der Waals surface area contributed by atoms with E-state index in [1.807, 2.05) is 91.0 Å². The number of hydrogen-bond donors (Lipinski definition) is 2. The fourth-order valence-electron chi connectivity index (χ4n) is 3.18. The first-order valence-corrected chi connectivity index (χ1v) is 7.87. The van der Waals surface area contributed by atoms with Crippen LogP contribution in [0.15, 0.2) is 91.0 Å². The molecule has 2 N–H and O–H groups in total. The van der Waals surface area contributed by atoms with E-state index < -0.39 is 11.5 Å². The summed E-state index contributed by atoms with van der Waals surface area (Å²) >= 11 is 0. The highest BCUT2D eigenvalue weighted by Crippen LogP contribution is 2.38. The SMILES string of the molecule is O=C(O)NCC(c1ccccc1)(c1ccccc1)c1ccccc1. The van der Waals surface area contributed by atoms with Gasteiger partial charge in [0.25, 0.3) is 0 Å². The molecule has 0 aliphatic heterocycles. The van der Waals surface area contributed by atoms with Crippen molar-refractivity contribution in [3.8, 4) is 0 Å². The predicted molar refractivity (Wildman–Crippen MR) is 95.2 cm³/mol. The van der Waals surface area contributed by atoms with E-state index in [2.05, 4.69) is 5.32 Å². The monoisotopic (exact) mass is 317 g/mol. The summed E-state index contributed by atoms with van der Waals surface area (Å²) in [7, 11) is 0. The second kappa shape index (κ2) is 7.01. The van der Waals surface area contributed by atoms with Gasteiger partial charge in [-0.2, -0.15) is 0 Å². The van der Waals surface area contributed by atoms with Crippen LogP contribution in [0, 0.1) is 0 Å². The lowest BCUT2D eigenvalue weighted by Gasteiger charge is -2.35. The third kappa shape index (κ3) is 3.01. The lowest BCUT2D eigenvalue weighted by Crippen LogP contribution is -2.42. The number of rotatable bonds is 5. The zero-order valence-corrected chi connectivity index (χ0v) is 13.2. The van der Waals surface area contributed by atoms with Crippen molar-refractivity contribution in [2.75, 3.05) is 6.54 Å². The first-order valence-electron chi connectivity index (χ1n) is 7.87. The van der Waals surface area contributed by atoms with Crippen molar-refractivity contribution in [2.45, 2.75) is 5.41 Å². The molecule has 3 nitrogen and oxygen atoms in total. The summed E-state index contributed by atoms with van der Waals surface area (Å²) in [6, 6.07) is 30.1. The summed E-state index contributed by atoms with van der Waals surface area (Å²) in [4.78, 5) is 11.2. The van der Waals surface area contributed by atoms with Crippen LogP contribution in [0.2, 0.25) is 0 Å². The van der Waals surface area contributed by atoms with Gasteiger partial charge in [-0.1, -0.05) is 91.0 Å². The van der Waals surface area contributed by atoms with Crippen LogP contribution in [-0.4, -0.2) is 17.7 Å². The maximum absolute atomic E-state index is 11.2. The zero-order chi connectivity index (χ0) is 16.8. The molecule has 0 unspecified atom stereocenters. The van der Waals surface area contributed by atoms with Gasteiger partial charge in [-0.25, -0.2) is 4.79 Å². The van der Waals surface area contributed by atoms with Crippen molar-refractivity contribution in [1.82, 2.24) is 5.32 Å². The van der Waals surface area contributed by atoms with Crippen molar-refractivity contribution in [3.63, 3.8) is 0 Å². The summed E-state index contributed by atoms with van der Waals surface area (Å²) in [5.41, 5.74) is 2.57. The molecule has 0 fully saturated rings. The average molecular weight is 317 g/mol. The molecule has 3 rings (SSSR count). The fraction of sp³-hybridized carbons (Fsp3) is 0.0952. The maximum atomic E-state index is 11.2. The van der Waals surface area contributed by atoms with E-state index >= 15 is 0 Å². The molecule has 0 spiro atoms. The normalized spacial score (nSPS) is 11.0. The predicted octanol–water partition coefficient (Wildman–Crippen LogP) is 4.29. The molecule has 24 heavy (non-hydrogen) atoms. The third-order valence-corrected chi connectivity index (χ3v) is 4.30. The van der Waals surface area contributed by atoms with Gasteiger partial charge in [0.15, 0.2) is 0 Å². The van der Waals surface area contributed by atoms with Crippen molar-refractivity contribution in [3.05, 3.63) is 108 Å². The number of hydrogen-bond acceptors (Lipinski definition) is 1. The largest absolute Gasteiger partial charge is 0.465 e. The molecule has 0 aliphatic carbocycles. The summed E-state index contributed by atoms with van der Waals surface area (Å²) < 4.78 is 0. The molecule has 0 aromatic heterocycles. The highest BCUT2D eigenvalue weighted by atomic mass is 16.4. The molecule has 0 bridgehead atoms. The zero-order valence-electron chi connectivity index (χ0n) is 13.2. The van der Waals surface area contributed by atoms with Crippen LogP contribution < -0.4 is 5.32 Å². The fourth-order valence-corrected chi connectivity index (χ4v) is 3.18. The molecular formula is C21H19NO2. The van der Waals surface area contributed by atoms with Crippen LogP contribution in [0.4, 0.5) is 4.79 Å². The van der Waals surface area contributed by atoms with Crippen molar-refractivity contribution in [2.24, 2.45) is 0 Å². The van der Waals surface area contributed by atoms with Crippen LogP contribution in [0.1, 0.15) is 16.7 Å². The summed E-state index contributed by atoms with van der Waals surface area (Å²) in [5.74, 6) is 0. The quantitative estimate of drug-likeness (QED) is 0.690. The van der Waals surface area contributed by atoms with E-state index in [4.69, 9.17) is 0 Å². The standard InChI is InChI=1S/C21H19NO2/c23-20(24)22-16-21(17-10-4-1-5-11-17,18-12-6-2-7-13-18)19-14-8-3-9-15-19/h1-15,22H,16H2,(H,23,24). The Labute approximate surface area is 141 Å². The number of benzene rings is 3. The summed E-state index contributed by atoms with van der Waals surface area (Å²) in [6.45, 7) is 0.264. The van der Waals surface area contributed by atoms with E-state index in [0.29, 0.717) is 0 Å². The lowest BCUT2D eigenvalue weighted by atomic mass is 9.69. The first-order chi connectivity index (χ1) is 11.7. The van der Waals surface area contributed by atoms with Gasteiger partial charge in [-0.15, -0.1) is 0 Å². The van der Waals surface area contributed by atoms with Gasteiger partial charge >= 0.3 is 6.09 Å². The minimum atomic E-state index is -1.03. The van der Waals surface area contributed by atoms with Crippen LogP contribution >= 0.6 is 0 Å². The van der Waals surface area contributed by atoms with Gasteiger partial charge in [-0.05, 0) is 16.7 Å². The van der Waals surface area contributed by atoms with E-state index in [9.17, 15) is 9.90 Å². The highest BCUT2D eigenvalue weighted by molar-refractivity contribution is 5.65. The van der Waals surface area contributed by atoms with E-state index in [0.717, 1.165) is 16.7 Å². The van der Waals surface area contributed by atoms with Gasteiger partial charge in [0.2, 0.25) is 0 Å². The average Bonchev–Trinajstić information content (AvgIpc) is 2.65. The van der Waals surface area contributed by atoms with Gasteiger partial charge in [-0.3, -0.25) is 0 Å². The highest BCUT2D eigenvalue weighted by Gasteiger charge is 2.36. The molecule has 0 saturated heterocycles. The topological polar surface area (TPSA) is 49.3 Å². The second-order valence-electron chi connectivity index (χ2n) is 5.66. The Hall–Kier alpha value is -3.07. The van der Waals surface area contributed by atoms with Gasteiger partial charge < -0.3 is 10.4 Å². The van der Waals surface area contributed by atoms with E-state index in [1.54, 1.807) is 0 Å². The molecule has 3 aromatic rings. The Morgan fingerprint density at radius 3 is 1.33 bits per heavy atom. The second-order valence-corrected chi connectivity index (χ2v) is 5.66. The minimum Gasteiger partial charge on any atom is -0.465 e. The van der Waals surface area contributed by atoms with E-state index in [1.165, 1.54) is 0 Å². The van der Waals surface area contributed by atoms with Crippen LogP contribution in [0.3, 0.4) is 0 Å². The Morgan fingerprint density at radius 2 is 1.04 bits per heavy atom. The summed E-state index contributed by atoms with van der Waals surface area (Å²) in [5, 5.41) is 11.8. The molecule has 120 valence electrons. The van der Waals surface area contributed by atoms with Crippen LogP contribution in [0.5, 0.6) is 0 Å². The molecule has 3 aromatic carbocycles. The molecule has 0 aliphatic rings. The summed E-state index contributed by atoms with van der Waals surface area (Å²) in [6.07, 6.45) is -1.03. The van der Waals surface area contributed by atoms with Gasteiger partial charge in [0.1, 0.15) is 0 Å². The lowest BCUT2D eigenvalue weighted by molar-refractivity contribution is 0.193. The Morgan fingerprint density at radius 1 is 0.708 bits per heavy atom. The third-order valence-electron chi connectivity index (χ3n) is 4.30. The Bertz CT molecular complexity index is 689. The van der Waals surface area contributed by atoms with Crippen LogP contribution in [0.25, 0.3) is 0 Å². The van der Waals surface area contributed by atoms with Crippen LogP contribution in [-0.2, 0) is 5.41 Å². The number of carboxylic acid groups (broad SMARTS) is 1. The Balaban J connectivity index is 2.26. The molecule has 3 heteroatoms. The molecular weight excluding hydrogens is 298 g/mol. The molecule has 0 radical (unpaired) electrons.